The zero-order chi connectivity index (χ0) is 10.3. The summed E-state index contributed by atoms with van der Waals surface area (Å²) >= 11 is 0. The van der Waals surface area contributed by atoms with Gasteiger partial charge < -0.3 is 9.14 Å². The molecule has 15 heavy (non-hydrogen) atoms. The number of imidazole rings is 1. The van der Waals surface area contributed by atoms with Gasteiger partial charge in [-0.2, -0.15) is 0 Å². The highest BCUT2D eigenvalue weighted by Gasteiger charge is 2.24. The molecule has 0 aliphatic carbocycles. The Balaban J connectivity index is 2.13. The molecule has 4 nitrogen and oxygen atoms in total. The smallest absolute Gasteiger partial charge is 0.150 e. The van der Waals surface area contributed by atoms with Crippen LogP contribution in [0.2, 0.25) is 0 Å². The van der Waals surface area contributed by atoms with Gasteiger partial charge in [0, 0.05) is 11.8 Å². The number of carbonyl (C=O) groups is 1. The van der Waals surface area contributed by atoms with Gasteiger partial charge in [-0.15, -0.1) is 0 Å². The standard InChI is InChI=1S/C11H10N2O2/c14-5-8-1-2-13-10(3-8)4-12-11(13)9-6-15-7-9/h1-5,9H,6-7H2. The highest BCUT2D eigenvalue weighted by molar-refractivity contribution is 5.77. The summed E-state index contributed by atoms with van der Waals surface area (Å²) in [5, 5.41) is 0. The zero-order valence-corrected chi connectivity index (χ0v) is 8.09. The summed E-state index contributed by atoms with van der Waals surface area (Å²) in [7, 11) is 0. The number of nitrogens with zero attached hydrogens (tertiary/aromatic N) is 2. The summed E-state index contributed by atoms with van der Waals surface area (Å²) in [6, 6.07) is 3.63. The lowest BCUT2D eigenvalue weighted by atomic mass is 10.1. The van der Waals surface area contributed by atoms with Gasteiger partial charge in [0.05, 0.1) is 30.8 Å². The summed E-state index contributed by atoms with van der Waals surface area (Å²) in [6.07, 6.45) is 4.53. The topological polar surface area (TPSA) is 43.6 Å². The van der Waals surface area contributed by atoms with E-state index in [1.165, 1.54) is 0 Å². The van der Waals surface area contributed by atoms with Crippen LogP contribution >= 0.6 is 0 Å². The van der Waals surface area contributed by atoms with E-state index in [-0.39, 0.29) is 0 Å². The van der Waals surface area contributed by atoms with Crippen molar-refractivity contribution in [2.45, 2.75) is 5.92 Å². The number of fused-ring (bicyclic) bond motifs is 1. The van der Waals surface area contributed by atoms with Crippen LogP contribution in [-0.4, -0.2) is 28.9 Å². The number of hydrogen-bond donors (Lipinski definition) is 0. The van der Waals surface area contributed by atoms with E-state index in [9.17, 15) is 4.79 Å². The molecule has 2 aromatic heterocycles. The van der Waals surface area contributed by atoms with Gasteiger partial charge in [0.25, 0.3) is 0 Å². The van der Waals surface area contributed by atoms with Crippen molar-refractivity contribution in [2.75, 3.05) is 13.2 Å². The SMILES string of the molecule is O=Cc1ccn2c(C3COC3)ncc2c1. The number of carbonyl (C=O) groups excluding carboxylic acids is 1. The van der Waals surface area contributed by atoms with E-state index in [2.05, 4.69) is 4.98 Å². The summed E-state index contributed by atoms with van der Waals surface area (Å²) in [6.45, 7) is 1.49. The maximum Gasteiger partial charge on any atom is 0.150 e. The molecule has 0 amide bonds. The van der Waals surface area contributed by atoms with Crippen LogP contribution in [0.25, 0.3) is 5.52 Å². The molecule has 1 saturated heterocycles. The normalized spacial score (nSPS) is 16.5. The van der Waals surface area contributed by atoms with Crippen LogP contribution in [0.4, 0.5) is 0 Å². The maximum atomic E-state index is 10.6. The Bertz CT molecular complexity index is 514. The highest BCUT2D eigenvalue weighted by atomic mass is 16.5. The van der Waals surface area contributed by atoms with Crippen molar-refractivity contribution >= 4 is 11.8 Å². The molecule has 0 N–H and O–H groups in total. The Kier molecular flexibility index (Phi) is 1.82. The highest BCUT2D eigenvalue weighted by Crippen LogP contribution is 2.23. The first-order valence-electron chi connectivity index (χ1n) is 4.88. The van der Waals surface area contributed by atoms with Crippen molar-refractivity contribution < 1.29 is 9.53 Å². The van der Waals surface area contributed by atoms with Gasteiger partial charge in [0.15, 0.2) is 0 Å². The van der Waals surface area contributed by atoms with E-state index in [1.54, 1.807) is 12.3 Å². The molecule has 0 unspecified atom stereocenters. The molecule has 0 aromatic carbocycles. The molecule has 0 atom stereocenters. The minimum Gasteiger partial charge on any atom is -0.380 e. The average molecular weight is 202 g/mol. The van der Waals surface area contributed by atoms with E-state index >= 15 is 0 Å². The second-order valence-corrected chi connectivity index (χ2v) is 3.72. The van der Waals surface area contributed by atoms with Crippen molar-refractivity contribution in [2.24, 2.45) is 0 Å². The number of pyridine rings is 1. The molecule has 2 aromatic rings. The summed E-state index contributed by atoms with van der Waals surface area (Å²) in [5.41, 5.74) is 1.64. The largest absolute Gasteiger partial charge is 0.380 e. The first-order valence-corrected chi connectivity index (χ1v) is 4.88. The lowest BCUT2D eigenvalue weighted by Gasteiger charge is -2.24. The molecule has 1 aliphatic heterocycles. The van der Waals surface area contributed by atoms with Gasteiger partial charge in [-0.05, 0) is 12.1 Å². The number of hydrogen-bond acceptors (Lipinski definition) is 3. The number of aromatic nitrogens is 2. The van der Waals surface area contributed by atoms with Gasteiger partial charge in [-0.1, -0.05) is 0 Å². The van der Waals surface area contributed by atoms with Crippen LogP contribution in [0.1, 0.15) is 22.1 Å². The summed E-state index contributed by atoms with van der Waals surface area (Å²) < 4.78 is 7.16. The number of rotatable bonds is 2. The molecule has 3 heterocycles. The predicted octanol–water partition coefficient (Wildman–Crippen LogP) is 1.26. The van der Waals surface area contributed by atoms with Crippen LogP contribution in [0.3, 0.4) is 0 Å². The molecular formula is C11H10N2O2. The van der Waals surface area contributed by atoms with E-state index in [0.29, 0.717) is 11.5 Å². The monoisotopic (exact) mass is 202 g/mol. The average Bonchev–Trinajstić information content (AvgIpc) is 2.59. The second kappa shape index (κ2) is 3.17. The van der Waals surface area contributed by atoms with E-state index in [4.69, 9.17) is 4.74 Å². The molecule has 3 rings (SSSR count). The second-order valence-electron chi connectivity index (χ2n) is 3.72. The fourth-order valence-corrected chi connectivity index (χ4v) is 1.80. The minimum absolute atomic E-state index is 0.398. The molecule has 0 bridgehead atoms. The molecule has 0 radical (unpaired) electrons. The van der Waals surface area contributed by atoms with Gasteiger partial charge in [0.1, 0.15) is 12.1 Å². The van der Waals surface area contributed by atoms with Gasteiger partial charge >= 0.3 is 0 Å². The quantitative estimate of drug-likeness (QED) is 0.688. The van der Waals surface area contributed by atoms with Gasteiger partial charge in [0.2, 0.25) is 0 Å². The van der Waals surface area contributed by atoms with E-state index in [0.717, 1.165) is 30.8 Å². The lowest BCUT2D eigenvalue weighted by molar-refractivity contribution is 0.00465. The molecule has 4 heteroatoms. The Morgan fingerprint density at radius 1 is 1.53 bits per heavy atom. The third-order valence-electron chi connectivity index (χ3n) is 2.72. The van der Waals surface area contributed by atoms with Crippen molar-refractivity contribution in [1.29, 1.82) is 0 Å². The zero-order valence-electron chi connectivity index (χ0n) is 8.09. The fraction of sp³-hybridized carbons (Fsp3) is 0.273. The molecule has 0 saturated carbocycles. The molecule has 0 spiro atoms. The van der Waals surface area contributed by atoms with Crippen molar-refractivity contribution in [3.8, 4) is 0 Å². The maximum absolute atomic E-state index is 10.6. The third-order valence-corrected chi connectivity index (χ3v) is 2.72. The lowest BCUT2D eigenvalue weighted by Crippen LogP contribution is -2.27. The molecule has 76 valence electrons. The first kappa shape index (κ1) is 8.61. The minimum atomic E-state index is 0.398. The Labute approximate surface area is 86.5 Å². The van der Waals surface area contributed by atoms with E-state index in [1.807, 2.05) is 16.7 Å². The van der Waals surface area contributed by atoms with Crippen LogP contribution in [0.5, 0.6) is 0 Å². The van der Waals surface area contributed by atoms with Crippen LogP contribution in [0, 0.1) is 0 Å². The van der Waals surface area contributed by atoms with Crippen molar-refractivity contribution in [3.63, 3.8) is 0 Å². The number of aldehydes is 1. The van der Waals surface area contributed by atoms with Crippen LogP contribution in [-0.2, 0) is 4.74 Å². The van der Waals surface area contributed by atoms with Crippen LogP contribution < -0.4 is 0 Å². The van der Waals surface area contributed by atoms with Crippen LogP contribution in [0.15, 0.2) is 24.5 Å². The summed E-state index contributed by atoms with van der Waals surface area (Å²) in [5.74, 6) is 1.42. The summed E-state index contributed by atoms with van der Waals surface area (Å²) in [4.78, 5) is 15.0. The third kappa shape index (κ3) is 1.26. The van der Waals surface area contributed by atoms with Crippen molar-refractivity contribution in [1.82, 2.24) is 9.38 Å². The number of ether oxygens (including phenoxy) is 1. The Morgan fingerprint density at radius 3 is 3.07 bits per heavy atom. The Hall–Kier alpha value is -1.68. The van der Waals surface area contributed by atoms with Gasteiger partial charge in [-0.3, -0.25) is 4.79 Å². The molecule has 1 fully saturated rings. The molecular weight excluding hydrogens is 192 g/mol. The first-order chi connectivity index (χ1) is 7.38. The molecule has 1 aliphatic rings. The fourth-order valence-electron chi connectivity index (χ4n) is 1.80. The van der Waals surface area contributed by atoms with E-state index < -0.39 is 0 Å². The predicted molar refractivity (Wildman–Crippen MR) is 54.1 cm³/mol. The van der Waals surface area contributed by atoms with Gasteiger partial charge in [-0.25, -0.2) is 4.98 Å². The van der Waals surface area contributed by atoms with Crippen molar-refractivity contribution in [3.05, 3.63) is 35.9 Å². The Morgan fingerprint density at radius 2 is 2.40 bits per heavy atom.